The van der Waals surface area contributed by atoms with Crippen LogP contribution in [-0.4, -0.2) is 77.5 Å². The molecule has 188 valence electrons. The van der Waals surface area contributed by atoms with Gasteiger partial charge in [0.1, 0.15) is 17.4 Å². The van der Waals surface area contributed by atoms with Crippen molar-refractivity contribution in [3.05, 3.63) is 47.9 Å². The third-order valence-electron chi connectivity index (χ3n) is 6.81. The van der Waals surface area contributed by atoms with Crippen LogP contribution in [0.5, 0.6) is 5.75 Å². The number of likely N-dealkylation sites (tertiary alicyclic amines) is 1. The molecule has 0 N–H and O–H groups in total. The van der Waals surface area contributed by atoms with E-state index in [1.54, 1.807) is 0 Å². The minimum atomic E-state index is 0.00000658. The molecule has 1 aromatic heterocycles. The molecule has 0 saturated carbocycles. The molecule has 0 bridgehead atoms. The summed E-state index contributed by atoms with van der Waals surface area (Å²) >= 11 is 0. The SMILES string of the molecule is Cc1cc(N2CCN(C(=O)C3CCN(C(=O)CCOc4ccccc4)CC3)CC2)nc(C(C)C)n1. The Morgan fingerprint density at radius 3 is 2.31 bits per heavy atom. The molecule has 2 aliphatic heterocycles. The van der Waals surface area contributed by atoms with E-state index in [0.717, 1.165) is 49.0 Å². The predicted octanol–water partition coefficient (Wildman–Crippen LogP) is 3.26. The Kier molecular flexibility index (Phi) is 8.21. The summed E-state index contributed by atoms with van der Waals surface area (Å²) in [6.45, 7) is 10.8. The van der Waals surface area contributed by atoms with Gasteiger partial charge in [0.05, 0.1) is 13.0 Å². The van der Waals surface area contributed by atoms with Crippen molar-refractivity contribution >= 4 is 17.6 Å². The zero-order valence-corrected chi connectivity index (χ0v) is 21.2. The lowest BCUT2D eigenvalue weighted by Gasteiger charge is -2.39. The maximum atomic E-state index is 13.2. The van der Waals surface area contributed by atoms with E-state index in [1.807, 2.05) is 53.1 Å². The van der Waals surface area contributed by atoms with Crippen LogP contribution < -0.4 is 9.64 Å². The summed E-state index contributed by atoms with van der Waals surface area (Å²) in [5, 5.41) is 0. The van der Waals surface area contributed by atoms with Crippen molar-refractivity contribution in [2.75, 3.05) is 50.8 Å². The number of aromatic nitrogens is 2. The van der Waals surface area contributed by atoms with Gasteiger partial charge < -0.3 is 19.4 Å². The molecule has 3 heterocycles. The smallest absolute Gasteiger partial charge is 0.225 e. The minimum absolute atomic E-state index is 0.00000658. The predicted molar refractivity (Wildman–Crippen MR) is 136 cm³/mol. The maximum absolute atomic E-state index is 13.2. The summed E-state index contributed by atoms with van der Waals surface area (Å²) in [6, 6.07) is 11.6. The van der Waals surface area contributed by atoms with Crippen molar-refractivity contribution in [3.63, 3.8) is 0 Å². The van der Waals surface area contributed by atoms with Crippen LogP contribution in [0.25, 0.3) is 0 Å². The standard InChI is InChI=1S/C27H37N5O3/c1-20(2)26-28-21(3)19-24(29-26)30-14-16-32(17-15-30)27(34)22-9-12-31(13-10-22)25(33)11-18-35-23-7-5-4-6-8-23/h4-8,19-20,22H,9-18H2,1-3H3. The zero-order valence-electron chi connectivity index (χ0n) is 21.2. The third kappa shape index (κ3) is 6.50. The molecule has 0 spiro atoms. The Balaban J connectivity index is 1.20. The molecule has 8 nitrogen and oxygen atoms in total. The van der Waals surface area contributed by atoms with E-state index in [9.17, 15) is 9.59 Å². The lowest BCUT2D eigenvalue weighted by atomic mass is 9.94. The molecule has 2 fully saturated rings. The van der Waals surface area contributed by atoms with Crippen LogP contribution in [0.2, 0.25) is 0 Å². The Hall–Kier alpha value is -3.16. The zero-order chi connectivity index (χ0) is 24.8. The molecule has 0 aliphatic carbocycles. The molecule has 2 saturated heterocycles. The number of piperazine rings is 1. The number of nitrogens with zero attached hydrogens (tertiary/aromatic N) is 5. The minimum Gasteiger partial charge on any atom is -0.493 e. The Morgan fingerprint density at radius 2 is 1.66 bits per heavy atom. The van der Waals surface area contributed by atoms with Crippen LogP contribution in [-0.2, 0) is 9.59 Å². The Morgan fingerprint density at radius 1 is 0.971 bits per heavy atom. The molecule has 4 rings (SSSR count). The largest absolute Gasteiger partial charge is 0.493 e. The van der Waals surface area contributed by atoms with E-state index >= 15 is 0 Å². The average molecular weight is 480 g/mol. The lowest BCUT2D eigenvalue weighted by Crippen LogP contribution is -2.52. The molecule has 8 heteroatoms. The molecule has 2 amide bonds. The van der Waals surface area contributed by atoms with Crippen molar-refractivity contribution in [2.45, 2.75) is 46.0 Å². The lowest BCUT2D eigenvalue weighted by molar-refractivity contribution is -0.141. The van der Waals surface area contributed by atoms with Crippen molar-refractivity contribution in [1.29, 1.82) is 0 Å². The number of hydrogen-bond donors (Lipinski definition) is 0. The van der Waals surface area contributed by atoms with E-state index in [0.29, 0.717) is 39.2 Å². The van der Waals surface area contributed by atoms with E-state index in [-0.39, 0.29) is 23.7 Å². The van der Waals surface area contributed by atoms with E-state index < -0.39 is 0 Å². The number of ether oxygens (including phenoxy) is 1. The molecule has 1 aromatic carbocycles. The summed E-state index contributed by atoms with van der Waals surface area (Å²) < 4.78 is 5.65. The first kappa shape index (κ1) is 24.9. The van der Waals surface area contributed by atoms with Crippen molar-refractivity contribution < 1.29 is 14.3 Å². The first-order valence-corrected chi connectivity index (χ1v) is 12.8. The quantitative estimate of drug-likeness (QED) is 0.607. The number of rotatable bonds is 7. The number of benzene rings is 1. The van der Waals surface area contributed by atoms with Crippen molar-refractivity contribution in [2.24, 2.45) is 5.92 Å². The van der Waals surface area contributed by atoms with E-state index in [4.69, 9.17) is 9.72 Å². The Labute approximate surface area is 208 Å². The number of para-hydroxylation sites is 1. The van der Waals surface area contributed by atoms with Gasteiger partial charge in [-0.05, 0) is 31.9 Å². The number of piperidine rings is 1. The molecule has 0 radical (unpaired) electrons. The molecule has 2 aliphatic rings. The normalized spacial score (nSPS) is 17.1. The van der Waals surface area contributed by atoms with Crippen LogP contribution in [0.15, 0.2) is 36.4 Å². The van der Waals surface area contributed by atoms with Gasteiger partial charge in [0.2, 0.25) is 11.8 Å². The van der Waals surface area contributed by atoms with Crippen LogP contribution in [0.3, 0.4) is 0 Å². The van der Waals surface area contributed by atoms with Gasteiger partial charge >= 0.3 is 0 Å². The highest BCUT2D eigenvalue weighted by atomic mass is 16.5. The number of hydrogen-bond acceptors (Lipinski definition) is 6. The van der Waals surface area contributed by atoms with Crippen molar-refractivity contribution in [1.82, 2.24) is 19.8 Å². The first-order valence-electron chi connectivity index (χ1n) is 12.8. The van der Waals surface area contributed by atoms with Crippen LogP contribution in [0, 0.1) is 12.8 Å². The fourth-order valence-electron chi connectivity index (χ4n) is 4.72. The monoisotopic (exact) mass is 479 g/mol. The summed E-state index contributed by atoms with van der Waals surface area (Å²) in [4.78, 5) is 41.1. The van der Waals surface area contributed by atoms with Gasteiger partial charge in [-0.1, -0.05) is 32.0 Å². The highest BCUT2D eigenvalue weighted by molar-refractivity contribution is 5.80. The summed E-state index contributed by atoms with van der Waals surface area (Å²) in [5.74, 6) is 3.21. The number of anilines is 1. The van der Waals surface area contributed by atoms with Gasteiger partial charge in [0.25, 0.3) is 0 Å². The van der Waals surface area contributed by atoms with Gasteiger partial charge in [-0.3, -0.25) is 9.59 Å². The van der Waals surface area contributed by atoms with Gasteiger partial charge in [-0.25, -0.2) is 9.97 Å². The fraction of sp³-hybridized carbons (Fsp3) is 0.556. The number of carbonyl (C=O) groups is 2. The molecule has 0 atom stereocenters. The van der Waals surface area contributed by atoms with Crippen LogP contribution in [0.1, 0.15) is 50.5 Å². The number of aryl methyl sites for hydroxylation is 1. The summed E-state index contributed by atoms with van der Waals surface area (Å²) in [6.07, 6.45) is 1.82. The molecule has 2 aromatic rings. The fourth-order valence-corrected chi connectivity index (χ4v) is 4.72. The van der Waals surface area contributed by atoms with Crippen LogP contribution in [0.4, 0.5) is 5.82 Å². The van der Waals surface area contributed by atoms with Crippen molar-refractivity contribution in [3.8, 4) is 5.75 Å². The van der Waals surface area contributed by atoms with Gasteiger partial charge in [0, 0.05) is 62.9 Å². The maximum Gasteiger partial charge on any atom is 0.225 e. The highest BCUT2D eigenvalue weighted by Crippen LogP contribution is 2.23. The first-order chi connectivity index (χ1) is 16.9. The second-order valence-corrected chi connectivity index (χ2v) is 9.76. The molecular formula is C27H37N5O3. The topological polar surface area (TPSA) is 78.9 Å². The number of amides is 2. The van der Waals surface area contributed by atoms with Gasteiger partial charge in [-0.2, -0.15) is 0 Å². The molecular weight excluding hydrogens is 442 g/mol. The molecule has 0 unspecified atom stereocenters. The van der Waals surface area contributed by atoms with Gasteiger partial charge in [0.15, 0.2) is 0 Å². The summed E-state index contributed by atoms with van der Waals surface area (Å²) in [5.41, 5.74) is 0.977. The van der Waals surface area contributed by atoms with Crippen LogP contribution >= 0.6 is 0 Å². The molecule has 35 heavy (non-hydrogen) atoms. The second kappa shape index (κ2) is 11.5. The Bertz CT molecular complexity index is 997. The van der Waals surface area contributed by atoms with E-state index in [2.05, 4.69) is 23.7 Å². The average Bonchev–Trinajstić information content (AvgIpc) is 2.88. The second-order valence-electron chi connectivity index (χ2n) is 9.76. The number of carbonyl (C=O) groups excluding carboxylic acids is 2. The highest BCUT2D eigenvalue weighted by Gasteiger charge is 2.32. The summed E-state index contributed by atoms with van der Waals surface area (Å²) in [7, 11) is 0. The van der Waals surface area contributed by atoms with E-state index in [1.165, 1.54) is 0 Å². The third-order valence-corrected chi connectivity index (χ3v) is 6.81. The van der Waals surface area contributed by atoms with Gasteiger partial charge in [-0.15, -0.1) is 0 Å².